The lowest BCUT2D eigenvalue weighted by atomic mass is 9.94. The van der Waals surface area contributed by atoms with Crippen molar-refractivity contribution in [3.63, 3.8) is 0 Å². The Morgan fingerprint density at radius 3 is 2.82 bits per heavy atom. The number of ether oxygens (including phenoxy) is 3. The van der Waals surface area contributed by atoms with Gasteiger partial charge < -0.3 is 14.2 Å². The van der Waals surface area contributed by atoms with Crippen LogP contribution in [0.3, 0.4) is 0 Å². The molecule has 0 saturated heterocycles. The molecule has 2 aromatic rings. The highest BCUT2D eigenvalue weighted by Crippen LogP contribution is 2.51. The maximum absolute atomic E-state index is 12.7. The van der Waals surface area contributed by atoms with Gasteiger partial charge >= 0.3 is 5.97 Å². The molecule has 8 heteroatoms. The van der Waals surface area contributed by atoms with E-state index < -0.39 is 12.0 Å². The fourth-order valence-electron chi connectivity index (χ4n) is 3.54. The molecule has 2 aliphatic rings. The molecule has 0 aromatic heterocycles. The van der Waals surface area contributed by atoms with Crippen molar-refractivity contribution in [2.75, 3.05) is 13.7 Å². The van der Waals surface area contributed by atoms with E-state index in [0.29, 0.717) is 17.1 Å². The minimum atomic E-state index is -0.496. The average molecular weight is 416 g/mol. The summed E-state index contributed by atoms with van der Waals surface area (Å²) in [6.45, 7) is 2.00. The lowest BCUT2D eigenvalue weighted by molar-refractivity contribution is -0.139. The molecular formula is C20H19N2O4S2+. The van der Waals surface area contributed by atoms with Gasteiger partial charge in [0.05, 0.1) is 32.1 Å². The van der Waals surface area contributed by atoms with Crippen molar-refractivity contribution < 1.29 is 19.0 Å². The molecule has 0 radical (unpaired) electrons. The number of benzene rings is 2. The van der Waals surface area contributed by atoms with E-state index in [1.165, 1.54) is 0 Å². The molecular weight excluding hydrogens is 396 g/mol. The van der Waals surface area contributed by atoms with Crippen molar-refractivity contribution in [3.05, 3.63) is 65.4 Å². The van der Waals surface area contributed by atoms with Gasteiger partial charge in [0.2, 0.25) is 5.05 Å². The van der Waals surface area contributed by atoms with Gasteiger partial charge in [0, 0.05) is 12.1 Å². The van der Waals surface area contributed by atoms with Gasteiger partial charge in [0.15, 0.2) is 17.4 Å². The molecule has 1 N–H and O–H groups in total. The van der Waals surface area contributed by atoms with Crippen molar-refractivity contribution in [2.24, 2.45) is 0 Å². The van der Waals surface area contributed by atoms with E-state index in [-0.39, 0.29) is 21.4 Å². The number of thiol groups is 1. The summed E-state index contributed by atoms with van der Waals surface area (Å²) in [6, 6.07) is 14.7. The molecule has 2 atom stereocenters. The topological polar surface area (TPSA) is 56.8 Å². The van der Waals surface area contributed by atoms with E-state index in [1.807, 2.05) is 48.5 Å². The van der Waals surface area contributed by atoms with Crippen LogP contribution in [0, 0.1) is 0 Å². The van der Waals surface area contributed by atoms with Crippen molar-refractivity contribution >= 4 is 41.7 Å². The molecule has 0 saturated carbocycles. The molecule has 144 valence electrons. The number of fused-ring (bicyclic) bond motifs is 3. The lowest BCUT2D eigenvalue weighted by Gasteiger charge is -2.35. The van der Waals surface area contributed by atoms with Gasteiger partial charge in [-0.25, -0.2) is 10.2 Å². The summed E-state index contributed by atoms with van der Waals surface area (Å²) in [6.07, 6.45) is 0. The van der Waals surface area contributed by atoms with Crippen molar-refractivity contribution in [3.8, 4) is 11.5 Å². The number of thiocarbonyl (C=S) groups is 1. The molecule has 2 aliphatic heterocycles. The number of rotatable bonds is 4. The number of methoxy groups -OCH3 is 1. The minimum absolute atomic E-state index is 0.0960. The quantitative estimate of drug-likeness (QED) is 0.344. The minimum Gasteiger partial charge on any atom is -0.497 e. The lowest BCUT2D eigenvalue weighted by Crippen LogP contribution is -2.50. The second kappa shape index (κ2) is 7.12. The number of hydrogen-bond acceptors (Lipinski definition) is 7. The van der Waals surface area contributed by atoms with Crippen molar-refractivity contribution in [1.82, 2.24) is 9.42 Å². The van der Waals surface area contributed by atoms with E-state index in [1.54, 1.807) is 14.0 Å². The number of carbonyl (C=O) groups is 1. The van der Waals surface area contributed by atoms with E-state index in [0.717, 1.165) is 11.3 Å². The van der Waals surface area contributed by atoms with Gasteiger partial charge in [-0.05, 0) is 37.3 Å². The van der Waals surface area contributed by atoms with Crippen LogP contribution in [-0.4, -0.2) is 24.7 Å². The summed E-state index contributed by atoms with van der Waals surface area (Å²) in [7, 11) is 1.60. The van der Waals surface area contributed by atoms with Gasteiger partial charge in [0.1, 0.15) is 17.1 Å². The molecule has 4 rings (SSSR count). The van der Waals surface area contributed by atoms with Gasteiger partial charge in [-0.3, -0.25) is 0 Å². The third-order valence-electron chi connectivity index (χ3n) is 4.76. The molecule has 6 nitrogen and oxygen atoms in total. The third kappa shape index (κ3) is 2.85. The standard InChI is InChI=1S/C20H18N2O4S2/c1-3-25-19(23)17-16-18(14-9-4-5-10-15(14)26-20(16)27)22(28,21-17)12-7-6-8-13(11-12)24-2/h4-11,18,28H,3H2,1-2H3/p+1. The van der Waals surface area contributed by atoms with Crippen LogP contribution in [0.15, 0.2) is 59.8 Å². The molecule has 2 heterocycles. The number of quaternary nitrogens is 1. The molecule has 0 amide bonds. The fraction of sp³-hybridized carbons (Fsp3) is 0.200. The molecule has 0 bridgehead atoms. The molecule has 2 aromatic carbocycles. The second-order valence-electron chi connectivity index (χ2n) is 6.34. The number of para-hydroxylation sites is 1. The monoisotopic (exact) mass is 415 g/mol. The van der Waals surface area contributed by atoms with E-state index in [9.17, 15) is 4.79 Å². The third-order valence-corrected chi connectivity index (χ3v) is 5.63. The summed E-state index contributed by atoms with van der Waals surface area (Å²) in [5, 5.41) is 0.233. The Hall–Kier alpha value is -2.55. The van der Waals surface area contributed by atoms with Crippen LogP contribution in [0.4, 0.5) is 5.69 Å². The largest absolute Gasteiger partial charge is 0.497 e. The van der Waals surface area contributed by atoms with E-state index in [2.05, 4.69) is 5.43 Å². The number of esters is 1. The normalized spacial score (nSPS) is 22.7. The summed E-state index contributed by atoms with van der Waals surface area (Å²) < 4.78 is 16.4. The molecule has 2 unspecified atom stereocenters. The maximum Gasteiger partial charge on any atom is 0.360 e. The first kappa shape index (κ1) is 18.8. The number of carbonyl (C=O) groups excluding carboxylic acids is 1. The van der Waals surface area contributed by atoms with E-state index in [4.69, 9.17) is 39.2 Å². The van der Waals surface area contributed by atoms with Gasteiger partial charge in [-0.15, -0.1) is 4.00 Å². The van der Waals surface area contributed by atoms with Crippen molar-refractivity contribution in [2.45, 2.75) is 13.0 Å². The predicted molar refractivity (Wildman–Crippen MR) is 113 cm³/mol. The van der Waals surface area contributed by atoms with Crippen LogP contribution in [0.2, 0.25) is 0 Å². The van der Waals surface area contributed by atoms with Crippen LogP contribution in [-0.2, 0) is 9.53 Å². The highest BCUT2D eigenvalue weighted by atomic mass is 32.1. The Balaban J connectivity index is 1.93. The zero-order chi connectivity index (χ0) is 19.9. The summed E-state index contributed by atoms with van der Waals surface area (Å²) in [5.74, 6) is 0.831. The van der Waals surface area contributed by atoms with Crippen LogP contribution >= 0.6 is 25.0 Å². The van der Waals surface area contributed by atoms with Crippen LogP contribution in [0.5, 0.6) is 11.5 Å². The second-order valence-corrected chi connectivity index (χ2v) is 7.34. The number of nitrogens with zero attached hydrogens (tertiary/aromatic N) is 1. The summed E-state index contributed by atoms with van der Waals surface area (Å²) in [5.41, 5.74) is 5.68. The predicted octanol–water partition coefficient (Wildman–Crippen LogP) is 3.64. The van der Waals surface area contributed by atoms with Crippen LogP contribution in [0.1, 0.15) is 18.5 Å². The highest BCUT2D eigenvalue weighted by Gasteiger charge is 2.56. The Morgan fingerprint density at radius 1 is 1.29 bits per heavy atom. The van der Waals surface area contributed by atoms with Gasteiger partial charge in [-0.2, -0.15) is 0 Å². The average Bonchev–Trinajstić information content (AvgIpc) is 3.04. The molecule has 0 aliphatic carbocycles. The molecule has 0 fully saturated rings. The highest BCUT2D eigenvalue weighted by molar-refractivity contribution is 7.80. The smallest absolute Gasteiger partial charge is 0.360 e. The van der Waals surface area contributed by atoms with Crippen LogP contribution < -0.4 is 18.9 Å². The first-order chi connectivity index (χ1) is 13.5. The molecule has 0 spiro atoms. The Kier molecular flexibility index (Phi) is 4.78. The Labute approximate surface area is 173 Å². The Bertz CT molecular complexity index is 1010. The van der Waals surface area contributed by atoms with Crippen LogP contribution in [0.25, 0.3) is 0 Å². The van der Waals surface area contributed by atoms with E-state index >= 15 is 0 Å². The van der Waals surface area contributed by atoms with Gasteiger partial charge in [0.25, 0.3) is 0 Å². The Morgan fingerprint density at radius 2 is 2.07 bits per heavy atom. The zero-order valence-electron chi connectivity index (χ0n) is 15.3. The van der Waals surface area contributed by atoms with Crippen molar-refractivity contribution in [1.29, 1.82) is 0 Å². The molecule has 28 heavy (non-hydrogen) atoms. The first-order valence-corrected chi connectivity index (χ1v) is 9.57. The fourth-order valence-corrected chi connectivity index (χ4v) is 4.31. The van der Waals surface area contributed by atoms with Gasteiger partial charge in [-0.1, -0.05) is 18.2 Å². The first-order valence-electron chi connectivity index (χ1n) is 8.76. The maximum atomic E-state index is 12.7. The SMILES string of the molecule is CCOC(=O)C1=C2C(=S)Oc3ccccc3C2[N+](S)(c2cccc(OC)c2)N1. The zero-order valence-corrected chi connectivity index (χ0v) is 17.0. The summed E-state index contributed by atoms with van der Waals surface area (Å²) in [4.78, 5) is 12.7. The summed E-state index contributed by atoms with van der Waals surface area (Å²) >= 11 is 10.5. The number of nitrogens with one attached hydrogen (secondary N) is 1. The number of hydrogen-bond donors (Lipinski definition) is 2.